The zero-order valence-electron chi connectivity index (χ0n) is 15.9. The maximum atomic E-state index is 12.4. The summed E-state index contributed by atoms with van der Waals surface area (Å²) in [5.74, 6) is 0.719. The topological polar surface area (TPSA) is 79.5 Å². The van der Waals surface area contributed by atoms with Gasteiger partial charge in [0.15, 0.2) is 0 Å². The minimum absolute atomic E-state index is 0.129. The van der Waals surface area contributed by atoms with Gasteiger partial charge >= 0.3 is 0 Å². The van der Waals surface area contributed by atoms with Crippen molar-refractivity contribution in [3.8, 4) is 0 Å². The fourth-order valence-electron chi connectivity index (χ4n) is 5.37. The normalized spacial score (nSPS) is 27.9. The molecule has 5 rings (SSSR count). The minimum Gasteiger partial charge on any atom is -0.365 e. The number of fused-ring (bicyclic) bond motifs is 1. The predicted molar refractivity (Wildman–Crippen MR) is 103 cm³/mol. The quantitative estimate of drug-likeness (QED) is 0.885. The van der Waals surface area contributed by atoms with Crippen molar-refractivity contribution in [1.29, 1.82) is 0 Å². The lowest BCUT2D eigenvalue weighted by Gasteiger charge is -2.49. The number of amides is 2. The van der Waals surface area contributed by atoms with E-state index in [1.165, 1.54) is 5.56 Å². The van der Waals surface area contributed by atoms with Crippen LogP contribution >= 0.6 is 0 Å². The Balaban J connectivity index is 1.44. The van der Waals surface area contributed by atoms with Crippen LogP contribution in [-0.4, -0.2) is 47.4 Å². The molecule has 1 atom stereocenters. The van der Waals surface area contributed by atoms with E-state index in [4.69, 9.17) is 10.7 Å². The minimum atomic E-state index is -0.384. The number of carbonyl (C=O) groups is 2. The van der Waals surface area contributed by atoms with Crippen LogP contribution in [0.3, 0.4) is 0 Å². The van der Waals surface area contributed by atoms with Crippen molar-refractivity contribution in [2.45, 2.75) is 63.8 Å². The molecule has 144 valence electrons. The van der Waals surface area contributed by atoms with E-state index in [9.17, 15) is 9.59 Å². The van der Waals surface area contributed by atoms with Crippen LogP contribution in [0.15, 0.2) is 6.07 Å². The molecule has 0 radical (unpaired) electrons. The van der Waals surface area contributed by atoms with Gasteiger partial charge in [0.2, 0.25) is 5.91 Å². The van der Waals surface area contributed by atoms with Crippen LogP contribution < -0.4 is 10.6 Å². The Labute approximate surface area is 160 Å². The SMILES string of the molecule is NC(=O)c1cc2c(nc1N1CCC[C@@]3(CCC(=O)N(C4CC4)C3)C1)CCC2. The van der Waals surface area contributed by atoms with Gasteiger partial charge in [-0.05, 0) is 63.0 Å². The van der Waals surface area contributed by atoms with Crippen molar-refractivity contribution in [1.82, 2.24) is 9.88 Å². The summed E-state index contributed by atoms with van der Waals surface area (Å²) in [5.41, 5.74) is 8.73. The zero-order chi connectivity index (χ0) is 18.6. The average molecular weight is 368 g/mol. The summed E-state index contributed by atoms with van der Waals surface area (Å²) in [4.78, 5) is 33.8. The molecule has 2 aliphatic heterocycles. The van der Waals surface area contributed by atoms with Crippen LogP contribution in [0.2, 0.25) is 0 Å². The van der Waals surface area contributed by atoms with Crippen LogP contribution in [0.1, 0.15) is 66.6 Å². The zero-order valence-corrected chi connectivity index (χ0v) is 15.9. The summed E-state index contributed by atoms with van der Waals surface area (Å²) in [6.45, 7) is 2.64. The van der Waals surface area contributed by atoms with Gasteiger partial charge in [-0.1, -0.05) is 0 Å². The van der Waals surface area contributed by atoms with Gasteiger partial charge < -0.3 is 15.5 Å². The molecule has 0 unspecified atom stereocenters. The van der Waals surface area contributed by atoms with Crippen LogP contribution in [0.4, 0.5) is 5.82 Å². The Morgan fingerprint density at radius 1 is 1.15 bits per heavy atom. The largest absolute Gasteiger partial charge is 0.365 e. The smallest absolute Gasteiger partial charge is 0.252 e. The molecule has 1 saturated carbocycles. The van der Waals surface area contributed by atoms with E-state index in [1.54, 1.807) is 0 Å². The number of pyridine rings is 1. The maximum Gasteiger partial charge on any atom is 0.252 e. The molecule has 0 bridgehead atoms. The molecule has 2 aliphatic carbocycles. The summed E-state index contributed by atoms with van der Waals surface area (Å²) < 4.78 is 0. The molecule has 1 aromatic rings. The molecule has 1 spiro atoms. The van der Waals surface area contributed by atoms with Gasteiger partial charge in [-0.25, -0.2) is 4.98 Å². The summed E-state index contributed by atoms with van der Waals surface area (Å²) in [5, 5.41) is 0. The molecular formula is C21H28N4O2. The number of anilines is 1. The first-order valence-corrected chi connectivity index (χ1v) is 10.4. The molecule has 3 fully saturated rings. The average Bonchev–Trinajstić information content (AvgIpc) is 3.40. The number of nitrogens with two attached hydrogens (primary N) is 1. The molecule has 6 nitrogen and oxygen atoms in total. The van der Waals surface area contributed by atoms with Crippen molar-refractivity contribution in [2.75, 3.05) is 24.5 Å². The van der Waals surface area contributed by atoms with Crippen molar-refractivity contribution in [3.05, 3.63) is 22.9 Å². The van der Waals surface area contributed by atoms with Gasteiger partial charge in [-0.15, -0.1) is 0 Å². The standard InChI is InChI=1S/C21H28N4O2/c22-19(27)16-11-14-3-1-4-17(14)23-20(16)24-10-2-8-21(12-24)9-7-18(26)25(13-21)15-5-6-15/h11,15H,1-10,12-13H2,(H2,22,27)/t21-/m1/s1. The first-order chi connectivity index (χ1) is 13.0. The highest BCUT2D eigenvalue weighted by Gasteiger charge is 2.46. The Morgan fingerprint density at radius 2 is 2.00 bits per heavy atom. The van der Waals surface area contributed by atoms with E-state index in [0.717, 1.165) is 82.5 Å². The van der Waals surface area contributed by atoms with Gasteiger partial charge in [0.25, 0.3) is 5.91 Å². The number of carbonyl (C=O) groups excluding carboxylic acids is 2. The lowest BCUT2D eigenvalue weighted by atomic mass is 9.73. The molecule has 3 heterocycles. The Bertz CT molecular complexity index is 804. The molecule has 6 heteroatoms. The van der Waals surface area contributed by atoms with Gasteiger partial charge in [0.05, 0.1) is 5.56 Å². The molecule has 2 amide bonds. The van der Waals surface area contributed by atoms with E-state index in [0.29, 0.717) is 23.9 Å². The highest BCUT2D eigenvalue weighted by Crippen LogP contribution is 2.43. The van der Waals surface area contributed by atoms with Crippen LogP contribution in [0, 0.1) is 5.41 Å². The molecule has 1 aromatic heterocycles. The van der Waals surface area contributed by atoms with E-state index in [2.05, 4.69) is 9.80 Å². The second-order valence-corrected chi connectivity index (χ2v) is 8.96. The first-order valence-electron chi connectivity index (χ1n) is 10.4. The first kappa shape index (κ1) is 17.0. The summed E-state index contributed by atoms with van der Waals surface area (Å²) >= 11 is 0. The molecule has 27 heavy (non-hydrogen) atoms. The second-order valence-electron chi connectivity index (χ2n) is 8.96. The fourth-order valence-corrected chi connectivity index (χ4v) is 5.37. The van der Waals surface area contributed by atoms with Gasteiger partial charge in [-0.3, -0.25) is 9.59 Å². The maximum absolute atomic E-state index is 12.4. The van der Waals surface area contributed by atoms with Crippen molar-refractivity contribution in [3.63, 3.8) is 0 Å². The number of hydrogen-bond donors (Lipinski definition) is 1. The molecule has 0 aromatic carbocycles. The van der Waals surface area contributed by atoms with E-state index >= 15 is 0 Å². The van der Waals surface area contributed by atoms with Crippen molar-refractivity contribution in [2.24, 2.45) is 11.1 Å². The fraction of sp³-hybridized carbons (Fsp3) is 0.667. The van der Waals surface area contributed by atoms with Gasteiger partial charge in [0, 0.05) is 43.2 Å². The van der Waals surface area contributed by atoms with Crippen LogP contribution in [0.5, 0.6) is 0 Å². The van der Waals surface area contributed by atoms with Crippen LogP contribution in [-0.2, 0) is 17.6 Å². The molecular weight excluding hydrogens is 340 g/mol. The van der Waals surface area contributed by atoms with Crippen molar-refractivity contribution >= 4 is 17.6 Å². The molecule has 4 aliphatic rings. The Hall–Kier alpha value is -2.11. The monoisotopic (exact) mass is 368 g/mol. The van der Waals surface area contributed by atoms with E-state index in [1.807, 2.05) is 6.07 Å². The van der Waals surface area contributed by atoms with Gasteiger partial charge in [0.1, 0.15) is 5.82 Å². The van der Waals surface area contributed by atoms with E-state index < -0.39 is 0 Å². The number of nitrogens with zero attached hydrogens (tertiary/aromatic N) is 3. The van der Waals surface area contributed by atoms with Crippen molar-refractivity contribution < 1.29 is 9.59 Å². The third kappa shape index (κ3) is 2.99. The van der Waals surface area contributed by atoms with E-state index in [-0.39, 0.29) is 11.3 Å². The molecule has 2 N–H and O–H groups in total. The highest BCUT2D eigenvalue weighted by molar-refractivity contribution is 5.98. The summed E-state index contributed by atoms with van der Waals surface area (Å²) in [7, 11) is 0. The number of rotatable bonds is 3. The number of aryl methyl sites for hydroxylation is 2. The number of piperidine rings is 2. The van der Waals surface area contributed by atoms with Gasteiger partial charge in [-0.2, -0.15) is 0 Å². The Morgan fingerprint density at radius 3 is 2.78 bits per heavy atom. The predicted octanol–water partition coefficient (Wildman–Crippen LogP) is 2.04. The molecule has 2 saturated heterocycles. The summed E-state index contributed by atoms with van der Waals surface area (Å²) in [6, 6.07) is 2.46. The Kier molecular flexibility index (Phi) is 3.92. The number of aromatic nitrogens is 1. The highest BCUT2D eigenvalue weighted by atomic mass is 16.2. The number of hydrogen-bond acceptors (Lipinski definition) is 4. The number of likely N-dealkylation sites (tertiary alicyclic amines) is 1. The van der Waals surface area contributed by atoms with Crippen LogP contribution in [0.25, 0.3) is 0 Å². The lowest BCUT2D eigenvalue weighted by molar-refractivity contribution is -0.138. The lowest BCUT2D eigenvalue weighted by Crippen LogP contribution is -2.55. The second kappa shape index (κ2) is 6.21. The number of primary amides is 1. The third-order valence-electron chi connectivity index (χ3n) is 6.94. The summed E-state index contributed by atoms with van der Waals surface area (Å²) in [6.07, 6.45) is 9.23. The third-order valence-corrected chi connectivity index (χ3v) is 6.94.